The van der Waals surface area contributed by atoms with Gasteiger partial charge in [-0.1, -0.05) is 18.2 Å². The number of para-hydroxylation sites is 1. The van der Waals surface area contributed by atoms with Crippen LogP contribution in [0.25, 0.3) is 5.69 Å². The summed E-state index contributed by atoms with van der Waals surface area (Å²) in [4.78, 5) is 34.6. The fraction of sp³-hybridized carbons (Fsp3) is 0.318. The number of carbonyl (C=O) groups excluding carboxylic acids is 2. The Hall–Kier alpha value is -3.55. The number of aromatic nitrogens is 4. The van der Waals surface area contributed by atoms with Crippen LogP contribution in [-0.4, -0.2) is 61.0 Å². The van der Waals surface area contributed by atoms with Crippen LogP contribution < -0.4 is 0 Å². The molecular formula is C22H22N6O2. The first-order chi connectivity index (χ1) is 14.7. The standard InChI is InChI=1S/C22H22N6O2/c29-20(18-6-1-2-7-19(18)28-15-24-25-16-28)27-12-9-22(14-27)8-11-26(21(22)30)13-17-5-3-4-10-23-17/h1-7,10,15-16H,8-9,11-14H2. The second-order valence-electron chi connectivity index (χ2n) is 7.94. The molecule has 2 aliphatic rings. The molecule has 0 N–H and O–H groups in total. The van der Waals surface area contributed by atoms with Gasteiger partial charge in [-0.2, -0.15) is 0 Å². The van der Waals surface area contributed by atoms with E-state index in [-0.39, 0.29) is 11.8 Å². The van der Waals surface area contributed by atoms with Crippen molar-refractivity contribution in [3.8, 4) is 5.69 Å². The van der Waals surface area contributed by atoms with E-state index in [1.54, 1.807) is 23.4 Å². The van der Waals surface area contributed by atoms with E-state index in [4.69, 9.17) is 0 Å². The fourth-order valence-electron chi connectivity index (χ4n) is 4.53. The SMILES string of the molecule is O=C(c1ccccc1-n1cnnc1)N1CCC2(CCN(Cc3ccccn3)C2=O)C1. The first-order valence-electron chi connectivity index (χ1n) is 10.1. The molecule has 0 bridgehead atoms. The van der Waals surface area contributed by atoms with E-state index in [0.717, 1.165) is 17.8 Å². The molecule has 4 heterocycles. The topological polar surface area (TPSA) is 84.2 Å². The Bertz CT molecular complexity index is 1070. The molecule has 2 aromatic heterocycles. The van der Waals surface area contributed by atoms with E-state index >= 15 is 0 Å². The second kappa shape index (κ2) is 7.37. The van der Waals surface area contributed by atoms with Gasteiger partial charge < -0.3 is 9.80 Å². The number of hydrogen-bond acceptors (Lipinski definition) is 5. The third kappa shape index (κ3) is 3.14. The van der Waals surface area contributed by atoms with Crippen molar-refractivity contribution in [2.24, 2.45) is 5.41 Å². The number of carbonyl (C=O) groups is 2. The number of amides is 2. The summed E-state index contributed by atoms with van der Waals surface area (Å²) in [6.07, 6.45) is 6.37. The molecule has 2 amide bonds. The quantitative estimate of drug-likeness (QED) is 0.666. The van der Waals surface area contributed by atoms with Crippen molar-refractivity contribution in [1.82, 2.24) is 29.5 Å². The zero-order valence-corrected chi connectivity index (χ0v) is 16.5. The van der Waals surface area contributed by atoms with E-state index in [2.05, 4.69) is 15.2 Å². The summed E-state index contributed by atoms with van der Waals surface area (Å²) in [5, 5.41) is 7.68. The highest BCUT2D eigenvalue weighted by Crippen LogP contribution is 2.41. The van der Waals surface area contributed by atoms with Crippen molar-refractivity contribution in [2.75, 3.05) is 19.6 Å². The maximum atomic E-state index is 13.3. The Morgan fingerprint density at radius 1 is 1.00 bits per heavy atom. The Kier molecular flexibility index (Phi) is 4.54. The number of benzene rings is 1. The maximum Gasteiger partial charge on any atom is 0.256 e. The van der Waals surface area contributed by atoms with Crippen molar-refractivity contribution in [2.45, 2.75) is 19.4 Å². The van der Waals surface area contributed by atoms with Gasteiger partial charge in [0, 0.05) is 25.8 Å². The van der Waals surface area contributed by atoms with Crippen LogP contribution in [0.3, 0.4) is 0 Å². The molecular weight excluding hydrogens is 380 g/mol. The van der Waals surface area contributed by atoms with Gasteiger partial charge in [-0.25, -0.2) is 0 Å². The summed E-state index contributed by atoms with van der Waals surface area (Å²) in [6, 6.07) is 13.2. The van der Waals surface area contributed by atoms with Gasteiger partial charge >= 0.3 is 0 Å². The number of likely N-dealkylation sites (tertiary alicyclic amines) is 2. The van der Waals surface area contributed by atoms with Gasteiger partial charge in [0.15, 0.2) is 0 Å². The number of nitrogens with zero attached hydrogens (tertiary/aromatic N) is 6. The average Bonchev–Trinajstić information content (AvgIpc) is 3.53. The fourth-order valence-corrected chi connectivity index (χ4v) is 4.53. The zero-order valence-electron chi connectivity index (χ0n) is 16.5. The molecule has 8 nitrogen and oxygen atoms in total. The lowest BCUT2D eigenvalue weighted by Crippen LogP contribution is -2.38. The molecule has 1 aromatic carbocycles. The van der Waals surface area contributed by atoms with E-state index in [1.165, 1.54) is 0 Å². The first kappa shape index (κ1) is 18.5. The van der Waals surface area contributed by atoms with Crippen LogP contribution in [0.2, 0.25) is 0 Å². The molecule has 1 spiro atoms. The Morgan fingerprint density at radius 3 is 2.57 bits per heavy atom. The summed E-state index contributed by atoms with van der Waals surface area (Å²) in [7, 11) is 0. The predicted molar refractivity (Wildman–Crippen MR) is 109 cm³/mol. The first-order valence-corrected chi connectivity index (χ1v) is 10.1. The van der Waals surface area contributed by atoms with Gasteiger partial charge in [-0.05, 0) is 37.1 Å². The van der Waals surface area contributed by atoms with Crippen molar-refractivity contribution in [3.05, 3.63) is 72.6 Å². The minimum atomic E-state index is -0.476. The van der Waals surface area contributed by atoms with Crippen LogP contribution in [-0.2, 0) is 11.3 Å². The monoisotopic (exact) mass is 402 g/mol. The van der Waals surface area contributed by atoms with Crippen molar-refractivity contribution < 1.29 is 9.59 Å². The molecule has 2 saturated heterocycles. The number of rotatable bonds is 4. The van der Waals surface area contributed by atoms with Crippen LogP contribution in [0.15, 0.2) is 61.3 Å². The minimum Gasteiger partial charge on any atom is -0.337 e. The van der Waals surface area contributed by atoms with Gasteiger partial charge in [0.25, 0.3) is 5.91 Å². The lowest BCUT2D eigenvalue weighted by atomic mass is 9.85. The lowest BCUT2D eigenvalue weighted by Gasteiger charge is -2.24. The molecule has 1 atom stereocenters. The van der Waals surface area contributed by atoms with Crippen molar-refractivity contribution >= 4 is 11.8 Å². The van der Waals surface area contributed by atoms with Gasteiger partial charge in [-0.15, -0.1) is 10.2 Å². The number of pyridine rings is 1. The smallest absolute Gasteiger partial charge is 0.256 e. The second-order valence-corrected chi connectivity index (χ2v) is 7.94. The normalized spacial score (nSPS) is 21.0. The third-order valence-electron chi connectivity index (χ3n) is 6.15. The summed E-state index contributed by atoms with van der Waals surface area (Å²) < 4.78 is 1.73. The summed E-state index contributed by atoms with van der Waals surface area (Å²) in [6.45, 7) is 2.26. The molecule has 152 valence electrons. The Labute approximate surface area is 174 Å². The van der Waals surface area contributed by atoms with Crippen LogP contribution in [0.1, 0.15) is 28.9 Å². The highest BCUT2D eigenvalue weighted by Gasteiger charge is 2.51. The van der Waals surface area contributed by atoms with Gasteiger partial charge in [0.05, 0.1) is 28.9 Å². The summed E-state index contributed by atoms with van der Waals surface area (Å²) in [5.41, 5.74) is 1.74. The molecule has 1 unspecified atom stereocenters. The van der Waals surface area contributed by atoms with Crippen LogP contribution in [0.5, 0.6) is 0 Å². The molecule has 0 saturated carbocycles. The molecule has 0 aliphatic carbocycles. The molecule has 2 fully saturated rings. The minimum absolute atomic E-state index is 0.0628. The molecule has 8 heteroatoms. The number of hydrogen-bond donors (Lipinski definition) is 0. The van der Waals surface area contributed by atoms with Crippen molar-refractivity contribution in [3.63, 3.8) is 0 Å². The largest absolute Gasteiger partial charge is 0.337 e. The summed E-state index contributed by atoms with van der Waals surface area (Å²) >= 11 is 0. The lowest BCUT2D eigenvalue weighted by molar-refractivity contribution is -0.135. The third-order valence-corrected chi connectivity index (χ3v) is 6.15. The molecule has 30 heavy (non-hydrogen) atoms. The Morgan fingerprint density at radius 2 is 1.77 bits per heavy atom. The van der Waals surface area contributed by atoms with Crippen LogP contribution in [0, 0.1) is 5.41 Å². The van der Waals surface area contributed by atoms with E-state index in [1.807, 2.05) is 52.3 Å². The average molecular weight is 402 g/mol. The van der Waals surface area contributed by atoms with E-state index in [9.17, 15) is 9.59 Å². The van der Waals surface area contributed by atoms with Gasteiger partial charge in [0.1, 0.15) is 12.7 Å². The highest BCUT2D eigenvalue weighted by molar-refractivity contribution is 5.98. The Balaban J connectivity index is 1.33. The zero-order chi connectivity index (χ0) is 20.6. The maximum absolute atomic E-state index is 13.3. The van der Waals surface area contributed by atoms with E-state index < -0.39 is 5.41 Å². The summed E-state index contributed by atoms with van der Waals surface area (Å²) in [5.74, 6) is 0.0719. The van der Waals surface area contributed by atoms with E-state index in [0.29, 0.717) is 38.2 Å². The molecule has 2 aliphatic heterocycles. The molecule has 5 rings (SSSR count). The molecule has 3 aromatic rings. The van der Waals surface area contributed by atoms with Crippen LogP contribution >= 0.6 is 0 Å². The van der Waals surface area contributed by atoms with Gasteiger partial charge in [0.2, 0.25) is 5.91 Å². The predicted octanol–water partition coefficient (Wildman–Crippen LogP) is 1.93. The molecule has 0 radical (unpaired) electrons. The van der Waals surface area contributed by atoms with Gasteiger partial charge in [-0.3, -0.25) is 19.1 Å². The highest BCUT2D eigenvalue weighted by atomic mass is 16.2. The van der Waals surface area contributed by atoms with Crippen LogP contribution in [0.4, 0.5) is 0 Å². The van der Waals surface area contributed by atoms with Crippen molar-refractivity contribution in [1.29, 1.82) is 0 Å².